The summed E-state index contributed by atoms with van der Waals surface area (Å²) in [6, 6.07) is 15.0. The predicted octanol–water partition coefficient (Wildman–Crippen LogP) is 5.00. The van der Waals surface area contributed by atoms with E-state index in [2.05, 4.69) is 4.98 Å². The first-order valence-electron chi connectivity index (χ1n) is 9.27. The molecule has 9 heteroatoms. The van der Waals surface area contributed by atoms with E-state index in [1.807, 2.05) is 53.9 Å². The summed E-state index contributed by atoms with van der Waals surface area (Å²) >= 11 is 2.95. The van der Waals surface area contributed by atoms with Crippen LogP contribution in [0.15, 0.2) is 65.3 Å². The van der Waals surface area contributed by atoms with Gasteiger partial charge in [0, 0.05) is 16.8 Å². The second kappa shape index (κ2) is 9.23. The van der Waals surface area contributed by atoms with E-state index in [4.69, 9.17) is 14.5 Å². The number of aromatic carboxylic acids is 1. The molecule has 0 bridgehead atoms. The van der Waals surface area contributed by atoms with Crippen molar-refractivity contribution in [1.82, 2.24) is 14.5 Å². The molecule has 0 atom stereocenters. The second-order valence-electron chi connectivity index (χ2n) is 6.38. The third kappa shape index (κ3) is 4.28. The average Bonchev–Trinajstić information content (AvgIpc) is 3.44. The third-order valence-electron chi connectivity index (χ3n) is 4.50. The molecule has 0 spiro atoms. The van der Waals surface area contributed by atoms with E-state index in [1.54, 1.807) is 18.8 Å². The maximum absolute atomic E-state index is 11.7. The Morgan fingerprint density at radius 1 is 1.13 bits per heavy atom. The van der Waals surface area contributed by atoms with Gasteiger partial charge in [-0.15, -0.1) is 11.3 Å². The van der Waals surface area contributed by atoms with Crippen molar-refractivity contribution in [3.8, 4) is 27.8 Å². The molecule has 0 aliphatic rings. The van der Waals surface area contributed by atoms with Crippen molar-refractivity contribution in [2.75, 3.05) is 14.2 Å². The van der Waals surface area contributed by atoms with E-state index in [1.165, 1.54) is 29.3 Å². The zero-order valence-electron chi connectivity index (χ0n) is 16.8. The fraction of sp³-hybridized carbons (Fsp3) is 0.136. The second-order valence-corrected chi connectivity index (χ2v) is 8.18. The molecular formula is C22H19N3O4S2. The van der Waals surface area contributed by atoms with Gasteiger partial charge in [-0.05, 0) is 24.3 Å². The predicted molar refractivity (Wildman–Crippen MR) is 121 cm³/mol. The molecule has 2 aromatic carbocycles. The van der Waals surface area contributed by atoms with Crippen LogP contribution < -0.4 is 9.47 Å². The molecule has 0 unspecified atom stereocenters. The first kappa shape index (κ1) is 21.0. The number of ether oxygens (including phenoxy) is 2. The quantitative estimate of drug-likeness (QED) is 0.376. The van der Waals surface area contributed by atoms with Gasteiger partial charge >= 0.3 is 5.97 Å². The lowest BCUT2D eigenvalue weighted by atomic mass is 10.2. The number of methoxy groups -OCH3 is 2. The number of rotatable bonds is 8. The lowest BCUT2D eigenvalue weighted by molar-refractivity contribution is 0.0687. The summed E-state index contributed by atoms with van der Waals surface area (Å²) in [5.41, 5.74) is 2.60. The normalized spacial score (nSPS) is 10.8. The van der Waals surface area contributed by atoms with Crippen LogP contribution in [0.3, 0.4) is 0 Å². The maximum Gasteiger partial charge on any atom is 0.354 e. The van der Waals surface area contributed by atoms with Crippen LogP contribution in [-0.4, -0.2) is 39.8 Å². The smallest absolute Gasteiger partial charge is 0.354 e. The van der Waals surface area contributed by atoms with E-state index in [9.17, 15) is 9.90 Å². The van der Waals surface area contributed by atoms with Gasteiger partial charge in [0.25, 0.3) is 0 Å². The van der Waals surface area contributed by atoms with E-state index in [-0.39, 0.29) is 5.69 Å². The summed E-state index contributed by atoms with van der Waals surface area (Å²) in [5, 5.41) is 12.9. The number of carboxylic acid groups (broad SMARTS) is 1. The molecule has 0 amide bonds. The fourth-order valence-electron chi connectivity index (χ4n) is 3.11. The van der Waals surface area contributed by atoms with E-state index in [0.29, 0.717) is 22.4 Å². The molecule has 0 saturated carbocycles. The first-order chi connectivity index (χ1) is 15.1. The summed E-state index contributed by atoms with van der Waals surface area (Å²) in [6.45, 7) is 0. The lowest BCUT2D eigenvalue weighted by Crippen LogP contribution is -2.07. The van der Waals surface area contributed by atoms with E-state index < -0.39 is 5.97 Å². The highest BCUT2D eigenvalue weighted by Gasteiger charge is 2.19. The van der Waals surface area contributed by atoms with Crippen molar-refractivity contribution in [3.05, 3.63) is 71.5 Å². The SMILES string of the molecule is COc1cccc(-c2nc(CSc3ncc(C(=O)O)n3-c3ccccc3)cs2)c1OC. The molecule has 2 aromatic heterocycles. The van der Waals surface area contributed by atoms with E-state index >= 15 is 0 Å². The van der Waals surface area contributed by atoms with Crippen LogP contribution >= 0.6 is 23.1 Å². The molecule has 2 heterocycles. The van der Waals surface area contributed by atoms with Crippen molar-refractivity contribution < 1.29 is 19.4 Å². The van der Waals surface area contributed by atoms with Gasteiger partial charge in [-0.1, -0.05) is 36.0 Å². The van der Waals surface area contributed by atoms with Gasteiger partial charge in [0.05, 0.1) is 31.7 Å². The summed E-state index contributed by atoms with van der Waals surface area (Å²) in [4.78, 5) is 20.7. The Hall–Kier alpha value is -3.30. The van der Waals surface area contributed by atoms with Crippen molar-refractivity contribution in [2.24, 2.45) is 0 Å². The topological polar surface area (TPSA) is 86.5 Å². The van der Waals surface area contributed by atoms with Gasteiger partial charge < -0.3 is 14.6 Å². The Balaban J connectivity index is 1.59. The number of para-hydroxylation sites is 2. The molecule has 1 N–H and O–H groups in total. The Morgan fingerprint density at radius 2 is 1.94 bits per heavy atom. The van der Waals surface area contributed by atoms with Crippen LogP contribution in [0.4, 0.5) is 0 Å². The standard InChI is InChI=1S/C22H19N3O4S2/c1-28-18-10-6-9-16(19(18)29-2)20-24-14(12-30-20)13-31-22-23-11-17(21(26)27)25(22)15-7-4-3-5-8-15/h3-12H,13H2,1-2H3,(H,26,27). The minimum Gasteiger partial charge on any atom is -0.493 e. The number of imidazole rings is 1. The van der Waals surface area contributed by atoms with Gasteiger partial charge in [-0.3, -0.25) is 4.57 Å². The summed E-state index contributed by atoms with van der Waals surface area (Å²) in [6.07, 6.45) is 1.38. The van der Waals surface area contributed by atoms with Crippen molar-refractivity contribution in [3.63, 3.8) is 0 Å². The van der Waals surface area contributed by atoms with Crippen molar-refractivity contribution >= 4 is 29.1 Å². The number of carboxylic acids is 1. The Kier molecular flexibility index (Phi) is 6.24. The molecule has 4 rings (SSSR count). The zero-order chi connectivity index (χ0) is 21.8. The summed E-state index contributed by atoms with van der Waals surface area (Å²) in [7, 11) is 3.21. The molecule has 0 aliphatic heterocycles. The van der Waals surface area contributed by atoms with Gasteiger partial charge in [0.2, 0.25) is 0 Å². The molecular weight excluding hydrogens is 434 g/mol. The number of thiazole rings is 1. The molecule has 0 fully saturated rings. The maximum atomic E-state index is 11.7. The average molecular weight is 454 g/mol. The van der Waals surface area contributed by atoms with Crippen LogP contribution in [0, 0.1) is 0 Å². The third-order valence-corrected chi connectivity index (χ3v) is 6.41. The van der Waals surface area contributed by atoms with Crippen LogP contribution in [0.2, 0.25) is 0 Å². The van der Waals surface area contributed by atoms with Gasteiger partial charge in [0.15, 0.2) is 22.3 Å². The van der Waals surface area contributed by atoms with Crippen LogP contribution in [0.1, 0.15) is 16.2 Å². The monoisotopic (exact) mass is 453 g/mol. The highest BCUT2D eigenvalue weighted by molar-refractivity contribution is 7.98. The molecule has 7 nitrogen and oxygen atoms in total. The van der Waals surface area contributed by atoms with Crippen LogP contribution in [0.25, 0.3) is 16.3 Å². The molecule has 158 valence electrons. The van der Waals surface area contributed by atoms with Crippen LogP contribution in [-0.2, 0) is 5.75 Å². The minimum absolute atomic E-state index is 0.119. The zero-order valence-corrected chi connectivity index (χ0v) is 18.4. The Bertz CT molecular complexity index is 1200. The Labute approximate surface area is 187 Å². The first-order valence-corrected chi connectivity index (χ1v) is 11.1. The molecule has 0 aliphatic carbocycles. The number of carbonyl (C=O) groups is 1. The number of hydrogen-bond acceptors (Lipinski definition) is 7. The minimum atomic E-state index is -1.02. The van der Waals surface area contributed by atoms with Gasteiger partial charge in [-0.25, -0.2) is 14.8 Å². The molecule has 4 aromatic rings. The van der Waals surface area contributed by atoms with E-state index in [0.717, 1.165) is 22.0 Å². The molecule has 31 heavy (non-hydrogen) atoms. The largest absolute Gasteiger partial charge is 0.493 e. The number of nitrogens with zero attached hydrogens (tertiary/aromatic N) is 3. The summed E-state index contributed by atoms with van der Waals surface area (Å²) in [5.74, 6) is 0.817. The van der Waals surface area contributed by atoms with Crippen molar-refractivity contribution in [1.29, 1.82) is 0 Å². The molecule has 0 saturated heterocycles. The fourth-order valence-corrected chi connectivity index (χ4v) is 4.94. The lowest BCUT2D eigenvalue weighted by Gasteiger charge is -2.10. The Morgan fingerprint density at radius 3 is 2.65 bits per heavy atom. The number of hydrogen-bond donors (Lipinski definition) is 1. The highest BCUT2D eigenvalue weighted by atomic mass is 32.2. The van der Waals surface area contributed by atoms with Gasteiger partial charge in [-0.2, -0.15) is 0 Å². The molecule has 0 radical (unpaired) electrons. The number of aromatic nitrogens is 3. The van der Waals surface area contributed by atoms with Crippen molar-refractivity contribution in [2.45, 2.75) is 10.9 Å². The number of benzene rings is 2. The summed E-state index contributed by atoms with van der Waals surface area (Å²) < 4.78 is 12.5. The van der Waals surface area contributed by atoms with Gasteiger partial charge in [0.1, 0.15) is 5.01 Å². The van der Waals surface area contributed by atoms with Crippen LogP contribution in [0.5, 0.6) is 11.5 Å². The number of thioether (sulfide) groups is 1. The highest BCUT2D eigenvalue weighted by Crippen LogP contribution is 2.39.